The van der Waals surface area contributed by atoms with Crippen molar-refractivity contribution in [2.24, 2.45) is 23.7 Å². The van der Waals surface area contributed by atoms with E-state index in [1.165, 1.54) is 0 Å². The molecule has 7 rings (SSSR count). The zero-order valence-corrected chi connectivity index (χ0v) is 31.5. The van der Waals surface area contributed by atoms with Crippen molar-refractivity contribution < 1.29 is 47.8 Å². The molecular formula is C43H49N3O10. The Balaban J connectivity index is 0.753. The molecule has 4 atom stereocenters. The summed E-state index contributed by atoms with van der Waals surface area (Å²) in [6.45, 7) is 3.24. The normalized spacial score (nSPS) is 21.9. The first kappa shape index (κ1) is 39.1. The predicted octanol–water partition coefficient (Wildman–Crippen LogP) is 4.58. The number of hydroxylamine groups is 2. The highest BCUT2D eigenvalue weighted by atomic mass is 16.7. The van der Waals surface area contributed by atoms with Crippen molar-refractivity contribution in [3.05, 3.63) is 108 Å². The van der Waals surface area contributed by atoms with Crippen LogP contribution in [0.5, 0.6) is 0 Å². The minimum absolute atomic E-state index is 0.0167. The molecule has 4 fully saturated rings. The lowest BCUT2D eigenvalue weighted by molar-refractivity contribution is -0.199. The van der Waals surface area contributed by atoms with E-state index in [0.29, 0.717) is 31.2 Å². The molecule has 4 aliphatic rings. The van der Waals surface area contributed by atoms with Gasteiger partial charge in [-0.3, -0.25) is 19.3 Å². The summed E-state index contributed by atoms with van der Waals surface area (Å²) >= 11 is 0. The van der Waals surface area contributed by atoms with Gasteiger partial charge in [-0.25, -0.2) is 9.59 Å². The van der Waals surface area contributed by atoms with E-state index >= 15 is 0 Å². The van der Waals surface area contributed by atoms with Crippen molar-refractivity contribution in [3.8, 4) is 0 Å². The van der Waals surface area contributed by atoms with E-state index in [9.17, 15) is 24.0 Å². The highest BCUT2D eigenvalue weighted by Gasteiger charge is 2.62. The number of hydrogen-bond donors (Lipinski definition) is 0. The first-order chi connectivity index (χ1) is 27.4. The lowest BCUT2D eigenvalue weighted by atomic mass is 9.75. The maximum Gasteiger partial charge on any atom is 0.409 e. The van der Waals surface area contributed by atoms with Gasteiger partial charge < -0.3 is 28.7 Å². The highest BCUT2D eigenvalue weighted by molar-refractivity contribution is 6.05. The number of fused-ring (bicyclic) bond motifs is 5. The molecule has 2 heterocycles. The SMILES string of the molecule is O=C(CCC(=O)ON1C(=O)C2C3CCC(C3)C2C1=O)OCCOCCOCCOC(=O)N1CCN(C(c2ccccc2)(c2ccccc2)c2ccccc2)CC1. The van der Waals surface area contributed by atoms with Gasteiger partial charge in [0.05, 0.1) is 56.6 Å². The second-order valence-corrected chi connectivity index (χ2v) is 14.7. The molecule has 296 valence electrons. The smallest absolute Gasteiger partial charge is 0.409 e. The van der Waals surface area contributed by atoms with E-state index in [1.807, 2.05) is 18.2 Å². The van der Waals surface area contributed by atoms with Crippen molar-refractivity contribution in [2.45, 2.75) is 37.6 Å². The molecule has 4 unspecified atom stereocenters. The Morgan fingerprint density at radius 1 is 0.571 bits per heavy atom. The Kier molecular flexibility index (Phi) is 12.7. The minimum atomic E-state index is -0.829. The van der Waals surface area contributed by atoms with Crippen LogP contribution in [0.25, 0.3) is 0 Å². The summed E-state index contributed by atoms with van der Waals surface area (Å²) in [5.41, 5.74) is 2.95. The Labute approximate surface area is 326 Å². The maximum absolute atomic E-state index is 13.0. The highest BCUT2D eigenvalue weighted by Crippen LogP contribution is 2.56. The molecule has 3 aromatic rings. The van der Waals surface area contributed by atoms with Gasteiger partial charge in [0, 0.05) is 26.2 Å². The summed E-state index contributed by atoms with van der Waals surface area (Å²) < 4.78 is 21.6. The Bertz CT molecular complexity index is 1690. The summed E-state index contributed by atoms with van der Waals surface area (Å²) in [4.78, 5) is 71.9. The van der Waals surface area contributed by atoms with Crippen LogP contribution >= 0.6 is 0 Å². The van der Waals surface area contributed by atoms with E-state index in [-0.39, 0.29) is 82.2 Å². The fraction of sp³-hybridized carbons (Fsp3) is 0.465. The number of nitrogens with zero attached hydrogens (tertiary/aromatic N) is 3. The van der Waals surface area contributed by atoms with Gasteiger partial charge in [0.15, 0.2) is 0 Å². The zero-order chi connectivity index (χ0) is 38.9. The van der Waals surface area contributed by atoms with Crippen molar-refractivity contribution >= 4 is 29.8 Å². The van der Waals surface area contributed by atoms with Crippen molar-refractivity contribution in [2.75, 3.05) is 65.8 Å². The summed E-state index contributed by atoms with van der Waals surface area (Å²) in [6, 6.07) is 31.5. The van der Waals surface area contributed by atoms with Crippen LogP contribution in [-0.2, 0) is 48.5 Å². The van der Waals surface area contributed by atoms with Crippen LogP contribution in [-0.4, -0.2) is 111 Å². The number of hydrogen-bond acceptors (Lipinski definition) is 11. The molecular weight excluding hydrogens is 718 g/mol. The second-order valence-electron chi connectivity index (χ2n) is 14.7. The summed E-state index contributed by atoms with van der Waals surface area (Å²) in [7, 11) is 0. The fourth-order valence-electron chi connectivity index (χ4n) is 9.02. The van der Waals surface area contributed by atoms with E-state index < -0.39 is 29.3 Å². The molecule has 2 saturated carbocycles. The number of rotatable bonds is 17. The quantitative estimate of drug-likeness (QED) is 0.0826. The number of esters is 1. The molecule has 0 radical (unpaired) electrons. The van der Waals surface area contributed by atoms with Gasteiger partial charge in [-0.2, -0.15) is 0 Å². The van der Waals surface area contributed by atoms with Crippen molar-refractivity contribution in [1.82, 2.24) is 14.9 Å². The number of piperazine rings is 1. The van der Waals surface area contributed by atoms with E-state index in [0.717, 1.165) is 36.0 Å². The molecule has 3 amide bonds. The van der Waals surface area contributed by atoms with Crippen LogP contribution in [0.2, 0.25) is 0 Å². The molecule has 2 aliphatic carbocycles. The molecule has 2 aliphatic heterocycles. The molecule has 0 N–H and O–H groups in total. The predicted molar refractivity (Wildman–Crippen MR) is 201 cm³/mol. The average molecular weight is 768 g/mol. The van der Waals surface area contributed by atoms with Gasteiger partial charge in [0.1, 0.15) is 13.2 Å². The zero-order valence-electron chi connectivity index (χ0n) is 31.5. The minimum Gasteiger partial charge on any atom is -0.463 e. The van der Waals surface area contributed by atoms with Gasteiger partial charge in [-0.05, 0) is 47.8 Å². The van der Waals surface area contributed by atoms with Crippen molar-refractivity contribution in [3.63, 3.8) is 0 Å². The number of carbonyl (C=O) groups excluding carboxylic acids is 5. The van der Waals surface area contributed by atoms with Gasteiger partial charge in [-0.1, -0.05) is 91.0 Å². The molecule has 0 aromatic heterocycles. The van der Waals surface area contributed by atoms with E-state index in [2.05, 4.69) is 77.7 Å². The number of imide groups is 1. The molecule has 2 bridgehead atoms. The molecule has 3 aromatic carbocycles. The first-order valence-electron chi connectivity index (χ1n) is 19.6. The van der Waals surface area contributed by atoms with Gasteiger partial charge in [0.25, 0.3) is 11.8 Å². The third kappa shape index (κ3) is 8.35. The average Bonchev–Trinajstić information content (AvgIpc) is 3.93. The maximum atomic E-state index is 13.0. The Morgan fingerprint density at radius 2 is 1.02 bits per heavy atom. The summed E-state index contributed by atoms with van der Waals surface area (Å²) in [5.74, 6) is -2.72. The topological polar surface area (TPSA) is 141 Å². The van der Waals surface area contributed by atoms with Crippen LogP contribution < -0.4 is 0 Å². The van der Waals surface area contributed by atoms with Crippen LogP contribution in [0.4, 0.5) is 4.79 Å². The lowest BCUT2D eigenvalue weighted by Gasteiger charge is -2.48. The summed E-state index contributed by atoms with van der Waals surface area (Å²) in [6.07, 6.45) is 1.79. The standard InChI is InChI=1S/C43H49N3O10/c47-36(18-19-37(48)56-46-40(49)38-31-16-17-32(30-31)39(38)41(46)50)54-28-26-52-24-25-53-27-29-55-42(51)44-20-22-45(23-21-44)43(33-10-4-1-5-11-33,34-12-6-2-7-13-34)35-14-8-3-9-15-35/h1-15,31-32,38-39H,16-30H2. The van der Waals surface area contributed by atoms with E-state index in [4.69, 9.17) is 23.8 Å². The molecule has 13 heteroatoms. The third-order valence-electron chi connectivity index (χ3n) is 11.5. The fourth-order valence-corrected chi connectivity index (χ4v) is 9.02. The molecule has 0 spiro atoms. The van der Waals surface area contributed by atoms with Crippen molar-refractivity contribution in [1.29, 1.82) is 0 Å². The third-order valence-corrected chi connectivity index (χ3v) is 11.5. The van der Waals surface area contributed by atoms with Crippen LogP contribution in [0.15, 0.2) is 91.0 Å². The molecule has 2 saturated heterocycles. The lowest BCUT2D eigenvalue weighted by Crippen LogP contribution is -2.57. The largest absolute Gasteiger partial charge is 0.463 e. The second kappa shape index (κ2) is 18.2. The molecule has 56 heavy (non-hydrogen) atoms. The number of amides is 3. The Morgan fingerprint density at radius 3 is 1.52 bits per heavy atom. The number of benzene rings is 3. The van der Waals surface area contributed by atoms with Crippen LogP contribution in [0.1, 0.15) is 48.8 Å². The van der Waals surface area contributed by atoms with Gasteiger partial charge in [0.2, 0.25) is 0 Å². The number of ether oxygens (including phenoxy) is 4. The van der Waals surface area contributed by atoms with Crippen LogP contribution in [0, 0.1) is 23.7 Å². The molecule has 13 nitrogen and oxygen atoms in total. The monoisotopic (exact) mass is 767 g/mol. The van der Waals surface area contributed by atoms with Crippen LogP contribution in [0.3, 0.4) is 0 Å². The summed E-state index contributed by atoms with van der Waals surface area (Å²) in [5, 5.41) is 0.615. The van der Waals surface area contributed by atoms with Gasteiger partial charge in [-0.15, -0.1) is 5.06 Å². The Hall–Kier alpha value is -5.11. The van der Waals surface area contributed by atoms with E-state index in [1.54, 1.807) is 4.90 Å². The van der Waals surface area contributed by atoms with Gasteiger partial charge >= 0.3 is 18.0 Å². The number of carbonyl (C=O) groups is 5. The first-order valence-corrected chi connectivity index (χ1v) is 19.6.